The molecule has 1 saturated carbocycles. The first-order valence-corrected chi connectivity index (χ1v) is 9.44. The number of aryl methyl sites for hydroxylation is 3. The monoisotopic (exact) mass is 321 g/mol. The lowest BCUT2D eigenvalue weighted by molar-refractivity contribution is 0.385. The third kappa shape index (κ3) is 3.89. The predicted molar refractivity (Wildman–Crippen MR) is 103 cm³/mol. The molecule has 0 saturated heterocycles. The van der Waals surface area contributed by atoms with E-state index in [1.54, 1.807) is 0 Å². The third-order valence-corrected chi connectivity index (χ3v) is 5.81. The van der Waals surface area contributed by atoms with Gasteiger partial charge in [0.2, 0.25) is 0 Å². The zero-order valence-corrected chi connectivity index (χ0v) is 15.4. The maximum absolute atomic E-state index is 6.63. The molecule has 0 spiro atoms. The van der Waals surface area contributed by atoms with Crippen molar-refractivity contribution in [1.29, 1.82) is 0 Å². The van der Waals surface area contributed by atoms with Gasteiger partial charge in [-0.1, -0.05) is 66.4 Å². The molecule has 1 heteroatoms. The van der Waals surface area contributed by atoms with E-state index >= 15 is 0 Å². The van der Waals surface area contributed by atoms with Gasteiger partial charge < -0.3 is 5.73 Å². The minimum absolute atomic E-state index is 0.122. The van der Waals surface area contributed by atoms with Crippen LogP contribution in [0.25, 0.3) is 0 Å². The molecular weight excluding hydrogens is 290 g/mol. The Labute approximate surface area is 147 Å². The van der Waals surface area contributed by atoms with E-state index in [0.717, 1.165) is 12.3 Å². The van der Waals surface area contributed by atoms with Gasteiger partial charge in [-0.2, -0.15) is 0 Å². The Balaban J connectivity index is 1.85. The molecule has 3 rings (SSSR count). The fourth-order valence-electron chi connectivity index (χ4n) is 4.40. The van der Waals surface area contributed by atoms with E-state index in [2.05, 4.69) is 63.2 Å². The molecule has 2 atom stereocenters. The largest absolute Gasteiger partial charge is 0.324 e. The summed E-state index contributed by atoms with van der Waals surface area (Å²) in [6.07, 6.45) is 6.53. The van der Waals surface area contributed by atoms with Crippen molar-refractivity contribution in [3.63, 3.8) is 0 Å². The lowest BCUT2D eigenvalue weighted by Gasteiger charge is -2.28. The van der Waals surface area contributed by atoms with E-state index < -0.39 is 0 Å². The molecule has 2 aromatic rings. The van der Waals surface area contributed by atoms with Crippen LogP contribution in [0.1, 0.15) is 71.9 Å². The van der Waals surface area contributed by atoms with Crippen molar-refractivity contribution in [3.8, 4) is 0 Å². The van der Waals surface area contributed by atoms with Crippen molar-refractivity contribution in [3.05, 3.63) is 70.3 Å². The molecule has 2 aromatic carbocycles. The van der Waals surface area contributed by atoms with Crippen LogP contribution in [0.2, 0.25) is 0 Å². The fraction of sp³-hybridized carbons (Fsp3) is 0.478. The summed E-state index contributed by atoms with van der Waals surface area (Å²) in [5.74, 6) is 1.38. The first-order valence-electron chi connectivity index (χ1n) is 9.44. The summed E-state index contributed by atoms with van der Waals surface area (Å²) in [6, 6.07) is 15.8. The van der Waals surface area contributed by atoms with Crippen molar-refractivity contribution in [1.82, 2.24) is 0 Å². The Bertz CT molecular complexity index is 665. The van der Waals surface area contributed by atoms with E-state index in [1.165, 1.54) is 53.5 Å². The summed E-state index contributed by atoms with van der Waals surface area (Å²) < 4.78 is 0. The smallest absolute Gasteiger partial charge is 0.0300 e. The van der Waals surface area contributed by atoms with Crippen LogP contribution in [-0.4, -0.2) is 0 Å². The molecule has 1 aliphatic rings. The normalized spacial score (nSPS) is 17.8. The first-order chi connectivity index (χ1) is 11.5. The van der Waals surface area contributed by atoms with E-state index in [0.29, 0.717) is 5.92 Å². The fourth-order valence-corrected chi connectivity index (χ4v) is 4.40. The number of nitrogens with two attached hydrogens (primary N) is 1. The van der Waals surface area contributed by atoms with Crippen LogP contribution < -0.4 is 5.73 Å². The van der Waals surface area contributed by atoms with Gasteiger partial charge in [-0.25, -0.2) is 0 Å². The average Bonchev–Trinajstić information content (AvgIpc) is 3.08. The zero-order chi connectivity index (χ0) is 17.1. The first kappa shape index (κ1) is 17.2. The van der Waals surface area contributed by atoms with Gasteiger partial charge in [0, 0.05) is 6.04 Å². The molecule has 1 aliphatic carbocycles. The summed E-state index contributed by atoms with van der Waals surface area (Å²) in [7, 11) is 0. The molecule has 0 aliphatic heterocycles. The second-order valence-corrected chi connectivity index (χ2v) is 7.76. The minimum atomic E-state index is 0.122. The van der Waals surface area contributed by atoms with Crippen molar-refractivity contribution in [2.24, 2.45) is 11.7 Å². The summed E-state index contributed by atoms with van der Waals surface area (Å²) in [5, 5.41) is 0. The molecule has 0 heterocycles. The molecule has 0 amide bonds. The van der Waals surface area contributed by atoms with Gasteiger partial charge in [0.15, 0.2) is 0 Å². The lowest BCUT2D eigenvalue weighted by Crippen LogP contribution is -2.20. The van der Waals surface area contributed by atoms with Crippen molar-refractivity contribution >= 4 is 0 Å². The van der Waals surface area contributed by atoms with Gasteiger partial charge in [0.05, 0.1) is 0 Å². The highest BCUT2D eigenvalue weighted by Crippen LogP contribution is 2.42. The molecule has 0 bridgehead atoms. The van der Waals surface area contributed by atoms with Gasteiger partial charge in [0.25, 0.3) is 0 Å². The van der Waals surface area contributed by atoms with Gasteiger partial charge in [0.1, 0.15) is 0 Å². The van der Waals surface area contributed by atoms with Crippen LogP contribution in [0, 0.1) is 26.7 Å². The zero-order valence-electron chi connectivity index (χ0n) is 15.4. The van der Waals surface area contributed by atoms with Gasteiger partial charge >= 0.3 is 0 Å². The van der Waals surface area contributed by atoms with Crippen LogP contribution in [0.3, 0.4) is 0 Å². The molecule has 0 radical (unpaired) electrons. The Kier molecular flexibility index (Phi) is 5.40. The van der Waals surface area contributed by atoms with Gasteiger partial charge in [-0.15, -0.1) is 0 Å². The summed E-state index contributed by atoms with van der Waals surface area (Å²) in [5.41, 5.74) is 13.5. The van der Waals surface area contributed by atoms with Crippen LogP contribution >= 0.6 is 0 Å². The van der Waals surface area contributed by atoms with E-state index in [9.17, 15) is 0 Å². The van der Waals surface area contributed by atoms with Crippen molar-refractivity contribution < 1.29 is 0 Å². The molecule has 1 fully saturated rings. The highest BCUT2D eigenvalue weighted by Gasteiger charge is 2.29. The molecular formula is C23H31N. The molecule has 0 aromatic heterocycles. The van der Waals surface area contributed by atoms with Crippen molar-refractivity contribution in [2.75, 3.05) is 0 Å². The van der Waals surface area contributed by atoms with E-state index in [4.69, 9.17) is 5.73 Å². The molecule has 24 heavy (non-hydrogen) atoms. The Morgan fingerprint density at radius 3 is 2.17 bits per heavy atom. The van der Waals surface area contributed by atoms with E-state index in [-0.39, 0.29) is 6.04 Å². The van der Waals surface area contributed by atoms with Crippen LogP contribution in [0.5, 0.6) is 0 Å². The SMILES string of the molecule is Cc1ccc(C(N)CC(c2ccc(C)cc2C)C2CCCC2)cc1. The topological polar surface area (TPSA) is 26.0 Å². The second kappa shape index (κ2) is 7.53. The highest BCUT2D eigenvalue weighted by molar-refractivity contribution is 5.34. The molecule has 2 N–H and O–H groups in total. The standard InChI is InChI=1S/C23H31N/c1-16-8-11-20(12-9-16)23(24)15-22(19-6-4-5-7-19)21-13-10-17(2)14-18(21)3/h8-14,19,22-23H,4-7,15,24H2,1-3H3. The summed E-state index contributed by atoms with van der Waals surface area (Å²) in [6.45, 7) is 6.58. The quantitative estimate of drug-likeness (QED) is 0.720. The highest BCUT2D eigenvalue weighted by atomic mass is 14.6. The van der Waals surface area contributed by atoms with Crippen molar-refractivity contribution in [2.45, 2.75) is 64.8 Å². The molecule has 2 unspecified atom stereocenters. The number of rotatable bonds is 5. The summed E-state index contributed by atoms with van der Waals surface area (Å²) >= 11 is 0. The third-order valence-electron chi connectivity index (χ3n) is 5.81. The Hall–Kier alpha value is -1.60. The Morgan fingerprint density at radius 2 is 1.54 bits per heavy atom. The minimum Gasteiger partial charge on any atom is -0.324 e. The maximum Gasteiger partial charge on any atom is 0.0300 e. The molecule has 128 valence electrons. The van der Waals surface area contributed by atoms with Gasteiger partial charge in [-0.3, -0.25) is 0 Å². The molecule has 1 nitrogen and oxygen atoms in total. The summed E-state index contributed by atoms with van der Waals surface area (Å²) in [4.78, 5) is 0. The maximum atomic E-state index is 6.63. The average molecular weight is 322 g/mol. The van der Waals surface area contributed by atoms with Gasteiger partial charge in [-0.05, 0) is 68.6 Å². The number of hydrogen-bond donors (Lipinski definition) is 1. The van der Waals surface area contributed by atoms with Crippen LogP contribution in [-0.2, 0) is 0 Å². The number of benzene rings is 2. The number of hydrogen-bond acceptors (Lipinski definition) is 1. The Morgan fingerprint density at radius 1 is 0.917 bits per heavy atom. The van der Waals surface area contributed by atoms with Crippen LogP contribution in [0.4, 0.5) is 0 Å². The lowest BCUT2D eigenvalue weighted by atomic mass is 9.78. The second-order valence-electron chi connectivity index (χ2n) is 7.76. The predicted octanol–water partition coefficient (Wildman–Crippen LogP) is 5.98. The van der Waals surface area contributed by atoms with E-state index in [1.807, 2.05) is 0 Å². The van der Waals surface area contributed by atoms with Crippen LogP contribution in [0.15, 0.2) is 42.5 Å².